The van der Waals surface area contributed by atoms with Gasteiger partial charge in [-0.05, 0) is 25.1 Å². The number of amides is 2. The lowest BCUT2D eigenvalue weighted by Gasteiger charge is -2.33. The fourth-order valence-electron chi connectivity index (χ4n) is 3.18. The fraction of sp³-hybridized carbons (Fsp3) is 0.556. The van der Waals surface area contributed by atoms with Crippen LogP contribution in [0.1, 0.15) is 17.3 Å². The van der Waals surface area contributed by atoms with E-state index in [1.807, 2.05) is 34.9 Å². The number of hydrogen-bond acceptors (Lipinski definition) is 5. The molecule has 2 aliphatic heterocycles. The summed E-state index contributed by atoms with van der Waals surface area (Å²) in [4.78, 5) is 29.0. The van der Waals surface area contributed by atoms with Crippen molar-refractivity contribution in [1.29, 1.82) is 0 Å². The number of benzene rings is 1. The molecule has 2 amide bonds. The van der Waals surface area contributed by atoms with Gasteiger partial charge in [-0.2, -0.15) is 11.8 Å². The van der Waals surface area contributed by atoms with Gasteiger partial charge in [-0.25, -0.2) is 0 Å². The zero-order valence-electron chi connectivity index (χ0n) is 15.1. The van der Waals surface area contributed by atoms with E-state index in [4.69, 9.17) is 0 Å². The number of hydrogen-bond donors (Lipinski definition) is 2. The molecule has 144 valence electrons. The molecule has 0 radical (unpaired) electrons. The average Bonchev–Trinajstić information content (AvgIpc) is 2.64. The Bertz CT molecular complexity index is 625. The van der Waals surface area contributed by atoms with Crippen molar-refractivity contribution in [3.05, 3.63) is 29.8 Å². The molecule has 3 rings (SSSR count). The van der Waals surface area contributed by atoms with E-state index in [1.165, 1.54) is 0 Å². The Balaban J connectivity index is 0.00000243. The Morgan fingerprint density at radius 3 is 2.77 bits per heavy atom. The molecule has 2 fully saturated rings. The second kappa shape index (κ2) is 10.2. The number of nitrogens with one attached hydrogen (secondary N) is 2. The number of carbonyl (C=O) groups is 2. The molecule has 0 unspecified atom stereocenters. The van der Waals surface area contributed by atoms with Crippen LogP contribution in [-0.2, 0) is 4.79 Å². The highest BCUT2D eigenvalue weighted by Crippen LogP contribution is 2.16. The molecular formula is C18H27ClN4O2S. The molecule has 0 saturated carbocycles. The van der Waals surface area contributed by atoms with Crippen molar-refractivity contribution in [2.75, 3.05) is 56.1 Å². The van der Waals surface area contributed by atoms with Gasteiger partial charge in [0.2, 0.25) is 5.91 Å². The maximum atomic E-state index is 12.6. The van der Waals surface area contributed by atoms with Gasteiger partial charge in [-0.1, -0.05) is 6.07 Å². The maximum Gasteiger partial charge on any atom is 0.253 e. The van der Waals surface area contributed by atoms with E-state index in [2.05, 4.69) is 22.5 Å². The van der Waals surface area contributed by atoms with Crippen LogP contribution in [0.4, 0.5) is 5.69 Å². The standard InChI is InChI=1S/C18H26N4O2S.ClH/c1-14-12-19-5-6-22(14)13-17(23)20-16-4-2-3-15(11-16)18(24)21-7-9-25-10-8-21;/h2-4,11,14,19H,5-10,12-13H2,1H3,(H,20,23);1H/t14-;/m0./s1. The van der Waals surface area contributed by atoms with E-state index >= 15 is 0 Å². The molecule has 2 aliphatic rings. The summed E-state index contributed by atoms with van der Waals surface area (Å²) < 4.78 is 0. The molecule has 0 aliphatic carbocycles. The normalized spacial score (nSPS) is 21.0. The molecule has 0 bridgehead atoms. The highest BCUT2D eigenvalue weighted by atomic mass is 35.5. The molecule has 0 spiro atoms. The third-order valence-corrected chi connectivity index (χ3v) is 5.62. The monoisotopic (exact) mass is 398 g/mol. The smallest absolute Gasteiger partial charge is 0.253 e. The van der Waals surface area contributed by atoms with E-state index in [1.54, 1.807) is 6.07 Å². The van der Waals surface area contributed by atoms with Crippen molar-refractivity contribution in [3.8, 4) is 0 Å². The summed E-state index contributed by atoms with van der Waals surface area (Å²) in [5, 5.41) is 6.25. The van der Waals surface area contributed by atoms with Crippen LogP contribution in [0, 0.1) is 0 Å². The maximum absolute atomic E-state index is 12.6. The zero-order chi connectivity index (χ0) is 17.6. The van der Waals surface area contributed by atoms with Crippen molar-refractivity contribution >= 4 is 41.7 Å². The first kappa shape index (κ1) is 21.0. The molecule has 8 heteroatoms. The lowest BCUT2D eigenvalue weighted by Crippen LogP contribution is -2.51. The van der Waals surface area contributed by atoms with Crippen LogP contribution in [-0.4, -0.2) is 78.4 Å². The van der Waals surface area contributed by atoms with Gasteiger partial charge in [0.15, 0.2) is 0 Å². The fourth-order valence-corrected chi connectivity index (χ4v) is 4.09. The molecule has 2 heterocycles. The summed E-state index contributed by atoms with van der Waals surface area (Å²) >= 11 is 1.88. The topological polar surface area (TPSA) is 64.7 Å². The van der Waals surface area contributed by atoms with E-state index in [0.29, 0.717) is 23.8 Å². The second-order valence-corrected chi connectivity index (χ2v) is 7.78. The molecule has 26 heavy (non-hydrogen) atoms. The van der Waals surface area contributed by atoms with Gasteiger partial charge >= 0.3 is 0 Å². The van der Waals surface area contributed by atoms with Crippen molar-refractivity contribution < 1.29 is 9.59 Å². The Kier molecular flexibility index (Phi) is 8.21. The van der Waals surface area contributed by atoms with Crippen molar-refractivity contribution in [2.24, 2.45) is 0 Å². The summed E-state index contributed by atoms with van der Waals surface area (Å²) in [6, 6.07) is 7.61. The summed E-state index contributed by atoms with van der Waals surface area (Å²) in [6.07, 6.45) is 0. The van der Waals surface area contributed by atoms with Crippen LogP contribution in [0.25, 0.3) is 0 Å². The Morgan fingerprint density at radius 1 is 1.27 bits per heavy atom. The first-order chi connectivity index (χ1) is 12.1. The number of anilines is 1. The Hall–Kier alpha value is -1.28. The average molecular weight is 399 g/mol. The quantitative estimate of drug-likeness (QED) is 0.805. The second-order valence-electron chi connectivity index (χ2n) is 6.56. The van der Waals surface area contributed by atoms with Crippen molar-refractivity contribution in [2.45, 2.75) is 13.0 Å². The first-order valence-corrected chi connectivity index (χ1v) is 10.0. The molecule has 0 aromatic heterocycles. The highest BCUT2D eigenvalue weighted by Gasteiger charge is 2.21. The van der Waals surface area contributed by atoms with Gasteiger partial charge in [-0.3, -0.25) is 14.5 Å². The van der Waals surface area contributed by atoms with Crippen LogP contribution in [0.2, 0.25) is 0 Å². The molecule has 1 atom stereocenters. The van der Waals surface area contributed by atoms with Gasteiger partial charge in [0.1, 0.15) is 0 Å². The largest absolute Gasteiger partial charge is 0.337 e. The predicted octanol–water partition coefficient (Wildman–Crippen LogP) is 1.53. The Labute approximate surface area is 165 Å². The predicted molar refractivity (Wildman–Crippen MR) is 109 cm³/mol. The molecule has 2 saturated heterocycles. The molecule has 1 aromatic rings. The van der Waals surface area contributed by atoms with E-state index in [-0.39, 0.29) is 24.2 Å². The van der Waals surface area contributed by atoms with Crippen LogP contribution in [0.15, 0.2) is 24.3 Å². The summed E-state index contributed by atoms with van der Waals surface area (Å²) in [6.45, 7) is 6.78. The minimum absolute atomic E-state index is 0. The minimum atomic E-state index is -0.0345. The van der Waals surface area contributed by atoms with Crippen molar-refractivity contribution in [1.82, 2.24) is 15.1 Å². The minimum Gasteiger partial charge on any atom is -0.337 e. The van der Waals surface area contributed by atoms with Crippen LogP contribution >= 0.6 is 24.2 Å². The lowest BCUT2D eigenvalue weighted by molar-refractivity contribution is -0.118. The van der Waals surface area contributed by atoms with Crippen molar-refractivity contribution in [3.63, 3.8) is 0 Å². The van der Waals surface area contributed by atoms with E-state index in [9.17, 15) is 9.59 Å². The van der Waals surface area contributed by atoms with Gasteiger partial charge in [0.25, 0.3) is 5.91 Å². The van der Waals surface area contributed by atoms with E-state index < -0.39 is 0 Å². The number of rotatable bonds is 4. The summed E-state index contributed by atoms with van der Waals surface area (Å²) in [5.41, 5.74) is 1.32. The number of nitrogens with zero attached hydrogens (tertiary/aromatic N) is 2. The highest BCUT2D eigenvalue weighted by molar-refractivity contribution is 7.99. The van der Waals surface area contributed by atoms with E-state index in [0.717, 1.165) is 44.2 Å². The third-order valence-electron chi connectivity index (χ3n) is 4.68. The SMILES string of the molecule is C[C@H]1CNCCN1CC(=O)Nc1cccc(C(=O)N2CCSCC2)c1.Cl. The number of thioether (sulfide) groups is 1. The third kappa shape index (κ3) is 5.61. The molecular weight excluding hydrogens is 372 g/mol. The van der Waals surface area contributed by atoms with Gasteiger partial charge in [0.05, 0.1) is 6.54 Å². The first-order valence-electron chi connectivity index (χ1n) is 8.85. The number of halogens is 1. The molecule has 6 nitrogen and oxygen atoms in total. The Morgan fingerprint density at radius 2 is 2.04 bits per heavy atom. The molecule has 1 aromatic carbocycles. The van der Waals surface area contributed by atoms with Crippen LogP contribution < -0.4 is 10.6 Å². The van der Waals surface area contributed by atoms with Crippen LogP contribution in [0.5, 0.6) is 0 Å². The van der Waals surface area contributed by atoms with Gasteiger partial charge in [-0.15, -0.1) is 12.4 Å². The zero-order valence-corrected chi connectivity index (χ0v) is 16.7. The summed E-state index contributed by atoms with van der Waals surface area (Å²) in [5.74, 6) is 2.00. The number of carbonyl (C=O) groups excluding carboxylic acids is 2. The summed E-state index contributed by atoms with van der Waals surface area (Å²) in [7, 11) is 0. The van der Waals surface area contributed by atoms with Gasteiger partial charge in [0, 0.05) is 61.5 Å². The number of piperazine rings is 1. The van der Waals surface area contributed by atoms with Gasteiger partial charge < -0.3 is 15.5 Å². The molecule has 2 N–H and O–H groups in total. The van der Waals surface area contributed by atoms with Crippen LogP contribution in [0.3, 0.4) is 0 Å². The lowest BCUT2D eigenvalue weighted by atomic mass is 10.1.